The highest BCUT2D eigenvalue weighted by atomic mass is 15.1. The van der Waals surface area contributed by atoms with Crippen LogP contribution in [0.2, 0.25) is 0 Å². The zero-order chi connectivity index (χ0) is 9.10. The first-order valence-corrected chi connectivity index (χ1v) is 4.61. The van der Waals surface area contributed by atoms with Crippen LogP contribution in [0.1, 0.15) is 19.0 Å². The Kier molecular flexibility index (Phi) is 2.21. The van der Waals surface area contributed by atoms with Crippen LogP contribution in [0.15, 0.2) is 30.3 Å². The molecule has 2 rings (SSSR count). The molecule has 0 bridgehead atoms. The maximum Gasteiger partial charge on any atom is 0.0929 e. The van der Waals surface area contributed by atoms with Crippen molar-refractivity contribution in [3.05, 3.63) is 36.0 Å². The lowest BCUT2D eigenvalue weighted by Gasteiger charge is -1.98. The van der Waals surface area contributed by atoms with E-state index in [9.17, 15) is 0 Å². The lowest BCUT2D eigenvalue weighted by atomic mass is 10.2. The van der Waals surface area contributed by atoms with Gasteiger partial charge in [-0.15, -0.1) is 0 Å². The highest BCUT2D eigenvalue weighted by molar-refractivity contribution is 5.77. The minimum Gasteiger partial charge on any atom is -0.155 e. The maximum atomic E-state index is 4.15. The molecule has 0 atom stereocenters. The van der Waals surface area contributed by atoms with Gasteiger partial charge in [-0.05, 0) is 18.6 Å². The quantitative estimate of drug-likeness (QED) is 0.695. The third-order valence-corrected chi connectivity index (χ3v) is 2.05. The van der Waals surface area contributed by atoms with Gasteiger partial charge in [0.05, 0.1) is 11.2 Å². The summed E-state index contributed by atoms with van der Waals surface area (Å²) in [6.45, 7) is 2.15. The van der Waals surface area contributed by atoms with Crippen molar-refractivity contribution in [2.24, 2.45) is 0 Å². The highest BCUT2D eigenvalue weighted by Crippen LogP contribution is 2.11. The molecule has 66 valence electrons. The zero-order valence-electron chi connectivity index (χ0n) is 7.70. The van der Waals surface area contributed by atoms with E-state index < -0.39 is 0 Å². The average molecular weight is 172 g/mol. The second kappa shape index (κ2) is 3.52. The van der Waals surface area contributed by atoms with E-state index in [-0.39, 0.29) is 0 Å². The second-order valence-electron chi connectivity index (χ2n) is 3.14. The van der Waals surface area contributed by atoms with E-state index in [2.05, 4.69) is 29.3 Å². The molecule has 0 aliphatic carbocycles. The number of benzene rings is 1. The lowest BCUT2D eigenvalue weighted by molar-refractivity contribution is 0.850. The van der Waals surface area contributed by atoms with Crippen LogP contribution in [0, 0.1) is 0 Å². The highest BCUT2D eigenvalue weighted by Gasteiger charge is 1.96. The van der Waals surface area contributed by atoms with Gasteiger partial charge in [0.15, 0.2) is 0 Å². The van der Waals surface area contributed by atoms with Crippen molar-refractivity contribution >= 4 is 10.9 Å². The summed E-state index contributed by atoms with van der Waals surface area (Å²) in [5, 5.41) is 9.48. The van der Waals surface area contributed by atoms with E-state index in [0.29, 0.717) is 0 Å². The van der Waals surface area contributed by atoms with Gasteiger partial charge in [0.2, 0.25) is 0 Å². The average Bonchev–Trinajstić information content (AvgIpc) is 2.18. The van der Waals surface area contributed by atoms with Crippen LogP contribution in [0.25, 0.3) is 10.9 Å². The van der Waals surface area contributed by atoms with Crippen LogP contribution in [-0.4, -0.2) is 10.2 Å². The Morgan fingerprint density at radius 2 is 2.00 bits per heavy atom. The van der Waals surface area contributed by atoms with Gasteiger partial charge < -0.3 is 0 Å². The summed E-state index contributed by atoms with van der Waals surface area (Å²) >= 11 is 0. The van der Waals surface area contributed by atoms with E-state index in [0.717, 1.165) is 24.1 Å². The Hall–Kier alpha value is -1.44. The smallest absolute Gasteiger partial charge is 0.0929 e. The first kappa shape index (κ1) is 8.17. The van der Waals surface area contributed by atoms with Crippen molar-refractivity contribution in [2.45, 2.75) is 19.8 Å². The first-order valence-electron chi connectivity index (χ1n) is 4.61. The van der Waals surface area contributed by atoms with E-state index in [1.54, 1.807) is 0 Å². The first-order chi connectivity index (χ1) is 6.40. The molecule has 2 aromatic rings. The molecule has 0 amide bonds. The van der Waals surface area contributed by atoms with Crippen molar-refractivity contribution in [1.29, 1.82) is 0 Å². The molecule has 1 heterocycles. The molecule has 0 unspecified atom stereocenters. The predicted molar refractivity (Wildman–Crippen MR) is 53.5 cm³/mol. The van der Waals surface area contributed by atoms with E-state index in [4.69, 9.17) is 0 Å². The monoisotopic (exact) mass is 172 g/mol. The van der Waals surface area contributed by atoms with Crippen LogP contribution in [0.4, 0.5) is 0 Å². The van der Waals surface area contributed by atoms with Crippen LogP contribution < -0.4 is 0 Å². The number of nitrogens with zero attached hydrogens (tertiary/aromatic N) is 2. The Morgan fingerprint density at radius 3 is 2.85 bits per heavy atom. The van der Waals surface area contributed by atoms with E-state index >= 15 is 0 Å². The van der Waals surface area contributed by atoms with Gasteiger partial charge in [-0.25, -0.2) is 0 Å². The van der Waals surface area contributed by atoms with Gasteiger partial charge in [0.1, 0.15) is 0 Å². The summed E-state index contributed by atoms with van der Waals surface area (Å²) in [5.41, 5.74) is 2.06. The molecule has 0 saturated heterocycles. The van der Waals surface area contributed by atoms with Crippen LogP contribution in [0.5, 0.6) is 0 Å². The Labute approximate surface area is 77.6 Å². The number of hydrogen-bond acceptors (Lipinski definition) is 2. The topological polar surface area (TPSA) is 25.8 Å². The molecule has 0 aliphatic rings. The van der Waals surface area contributed by atoms with Crippen molar-refractivity contribution in [3.8, 4) is 0 Å². The number of hydrogen-bond donors (Lipinski definition) is 0. The minimum atomic E-state index is 0.974. The molecular formula is C11H12N2. The summed E-state index contributed by atoms with van der Waals surface area (Å²) < 4.78 is 0. The van der Waals surface area contributed by atoms with Gasteiger partial charge in [-0.2, -0.15) is 10.2 Å². The lowest BCUT2D eigenvalue weighted by Crippen LogP contribution is -1.92. The van der Waals surface area contributed by atoms with Crippen LogP contribution in [-0.2, 0) is 6.42 Å². The molecule has 13 heavy (non-hydrogen) atoms. The SMILES string of the molecule is CCCc1cc2ccccc2nn1. The summed E-state index contributed by atoms with van der Waals surface area (Å²) in [5.74, 6) is 0. The standard InChI is InChI=1S/C11H12N2/c1-2-5-10-8-9-6-3-4-7-11(9)13-12-10/h3-4,6-8H,2,5H2,1H3. The molecule has 2 heteroatoms. The minimum absolute atomic E-state index is 0.974. The summed E-state index contributed by atoms with van der Waals surface area (Å²) in [6.07, 6.45) is 2.13. The molecule has 0 saturated carbocycles. The van der Waals surface area contributed by atoms with Crippen molar-refractivity contribution < 1.29 is 0 Å². The largest absolute Gasteiger partial charge is 0.155 e. The third kappa shape index (κ3) is 1.66. The third-order valence-electron chi connectivity index (χ3n) is 2.05. The van der Waals surface area contributed by atoms with Gasteiger partial charge in [0, 0.05) is 5.39 Å². The Morgan fingerprint density at radius 1 is 1.15 bits per heavy atom. The Balaban J connectivity index is 2.49. The number of aromatic nitrogens is 2. The molecule has 2 nitrogen and oxygen atoms in total. The Bertz CT molecular complexity index is 410. The molecule has 0 radical (unpaired) electrons. The molecule has 0 spiro atoms. The van der Waals surface area contributed by atoms with Gasteiger partial charge in [0.25, 0.3) is 0 Å². The second-order valence-corrected chi connectivity index (χ2v) is 3.14. The molecule has 0 aliphatic heterocycles. The number of aryl methyl sites for hydroxylation is 1. The maximum absolute atomic E-state index is 4.15. The summed E-state index contributed by atoms with van der Waals surface area (Å²) in [6, 6.07) is 10.2. The van der Waals surface area contributed by atoms with Gasteiger partial charge in [-0.3, -0.25) is 0 Å². The van der Waals surface area contributed by atoms with E-state index in [1.807, 2.05) is 18.2 Å². The van der Waals surface area contributed by atoms with Crippen molar-refractivity contribution in [3.63, 3.8) is 0 Å². The fourth-order valence-corrected chi connectivity index (χ4v) is 1.41. The molecule has 1 aromatic carbocycles. The van der Waals surface area contributed by atoms with Crippen molar-refractivity contribution in [2.75, 3.05) is 0 Å². The normalized spacial score (nSPS) is 10.5. The number of rotatable bonds is 2. The predicted octanol–water partition coefficient (Wildman–Crippen LogP) is 2.58. The van der Waals surface area contributed by atoms with Crippen LogP contribution >= 0.6 is 0 Å². The van der Waals surface area contributed by atoms with Crippen LogP contribution in [0.3, 0.4) is 0 Å². The summed E-state index contributed by atoms with van der Waals surface area (Å²) in [7, 11) is 0. The molecular weight excluding hydrogens is 160 g/mol. The van der Waals surface area contributed by atoms with Gasteiger partial charge in [-0.1, -0.05) is 31.5 Å². The zero-order valence-corrected chi connectivity index (χ0v) is 7.70. The molecule has 0 N–H and O–H groups in total. The van der Waals surface area contributed by atoms with Crippen molar-refractivity contribution in [1.82, 2.24) is 10.2 Å². The number of fused-ring (bicyclic) bond motifs is 1. The van der Waals surface area contributed by atoms with Gasteiger partial charge >= 0.3 is 0 Å². The fraction of sp³-hybridized carbons (Fsp3) is 0.273. The van der Waals surface area contributed by atoms with E-state index in [1.165, 1.54) is 5.39 Å². The molecule has 1 aromatic heterocycles. The fourth-order valence-electron chi connectivity index (χ4n) is 1.41. The summed E-state index contributed by atoms with van der Waals surface area (Å²) in [4.78, 5) is 0. The molecule has 0 fully saturated rings.